The summed E-state index contributed by atoms with van der Waals surface area (Å²) in [6.07, 6.45) is 0. The number of carbonyl (C=O) groups excluding carboxylic acids is 1. The highest BCUT2D eigenvalue weighted by Gasteiger charge is 2.25. The van der Waals surface area contributed by atoms with Crippen molar-refractivity contribution in [3.8, 4) is 0 Å². The minimum absolute atomic E-state index is 0.0588. The van der Waals surface area contributed by atoms with Gasteiger partial charge in [-0.15, -0.1) is 0 Å². The molecule has 0 bridgehead atoms. The van der Waals surface area contributed by atoms with E-state index in [2.05, 4.69) is 10.0 Å². The van der Waals surface area contributed by atoms with E-state index >= 15 is 0 Å². The molecule has 0 saturated heterocycles. The number of rotatable bonds is 6. The molecule has 134 valence electrons. The summed E-state index contributed by atoms with van der Waals surface area (Å²) in [5.41, 5.74) is -0.00474. The fourth-order valence-corrected chi connectivity index (χ4v) is 3.32. The van der Waals surface area contributed by atoms with Crippen LogP contribution in [-0.4, -0.2) is 20.9 Å². The topological polar surface area (TPSA) is 75.3 Å². The minimum atomic E-state index is -4.54. The van der Waals surface area contributed by atoms with Crippen LogP contribution in [0.25, 0.3) is 0 Å². The molecule has 0 aromatic heterocycles. The van der Waals surface area contributed by atoms with Crippen LogP contribution in [0.3, 0.4) is 0 Å². The van der Waals surface area contributed by atoms with Crippen LogP contribution < -0.4 is 10.0 Å². The molecule has 8 heteroatoms. The number of anilines is 1. The Kier molecular flexibility index (Phi) is 5.73. The average Bonchev–Trinajstić information content (AvgIpc) is 2.52. The lowest BCUT2D eigenvalue weighted by atomic mass is 10.1. The maximum absolute atomic E-state index is 13.8. The lowest BCUT2D eigenvalue weighted by Crippen LogP contribution is -2.28. The highest BCUT2D eigenvalue weighted by Crippen LogP contribution is 2.24. The third kappa shape index (κ3) is 4.54. The summed E-state index contributed by atoms with van der Waals surface area (Å²) in [5, 5.41) is 2.67. The van der Waals surface area contributed by atoms with E-state index in [4.69, 9.17) is 0 Å². The predicted molar refractivity (Wildman–Crippen MR) is 90.8 cm³/mol. The third-order valence-electron chi connectivity index (χ3n) is 3.27. The monoisotopic (exact) mass is 368 g/mol. The molecule has 2 N–H and O–H groups in total. The molecule has 2 aromatic carbocycles. The van der Waals surface area contributed by atoms with Gasteiger partial charge in [0.2, 0.25) is 0 Å². The average molecular weight is 368 g/mol. The highest BCUT2D eigenvalue weighted by atomic mass is 32.2. The molecule has 0 heterocycles. The Hall–Kier alpha value is -2.48. The molecule has 1 amide bonds. The lowest BCUT2D eigenvalue weighted by molar-refractivity contribution is 0.0950. The SMILES string of the molecule is CC(C)CNC(=O)c1ccccc1NS(=O)(=O)c1c(F)cccc1F. The fraction of sp³-hybridized carbons (Fsp3) is 0.235. The number of amides is 1. The van der Waals surface area contributed by atoms with E-state index in [0.29, 0.717) is 6.54 Å². The molecule has 0 unspecified atom stereocenters. The van der Waals surface area contributed by atoms with Gasteiger partial charge in [0.15, 0.2) is 4.90 Å². The number of carbonyl (C=O) groups is 1. The standard InChI is InChI=1S/C17H18F2N2O3S/c1-11(2)10-20-17(22)12-6-3-4-9-15(12)21-25(23,24)16-13(18)7-5-8-14(16)19/h3-9,11,21H,10H2,1-2H3,(H,20,22). The molecule has 2 aromatic rings. The van der Waals surface area contributed by atoms with E-state index in [1.807, 2.05) is 13.8 Å². The molecule has 0 aliphatic rings. The number of sulfonamides is 1. The summed E-state index contributed by atoms with van der Waals surface area (Å²) in [6.45, 7) is 4.23. The zero-order chi connectivity index (χ0) is 18.6. The minimum Gasteiger partial charge on any atom is -0.352 e. The number of nitrogens with one attached hydrogen (secondary N) is 2. The Morgan fingerprint density at radius 1 is 1.04 bits per heavy atom. The molecule has 5 nitrogen and oxygen atoms in total. The van der Waals surface area contributed by atoms with Gasteiger partial charge in [-0.25, -0.2) is 17.2 Å². The van der Waals surface area contributed by atoms with Crippen molar-refractivity contribution in [2.24, 2.45) is 5.92 Å². The molecular weight excluding hydrogens is 350 g/mol. The molecule has 0 aliphatic heterocycles. The number of hydrogen-bond acceptors (Lipinski definition) is 3. The second-order valence-electron chi connectivity index (χ2n) is 5.81. The zero-order valence-electron chi connectivity index (χ0n) is 13.7. The number of benzene rings is 2. The van der Waals surface area contributed by atoms with Crippen LogP contribution in [0.2, 0.25) is 0 Å². The first-order valence-corrected chi connectivity index (χ1v) is 9.04. The van der Waals surface area contributed by atoms with Gasteiger partial charge >= 0.3 is 0 Å². The van der Waals surface area contributed by atoms with Crippen LogP contribution in [0.15, 0.2) is 47.4 Å². The molecule has 0 spiro atoms. The smallest absolute Gasteiger partial charge is 0.267 e. The summed E-state index contributed by atoms with van der Waals surface area (Å²) in [5.74, 6) is -2.70. The first-order valence-electron chi connectivity index (χ1n) is 7.56. The van der Waals surface area contributed by atoms with Crippen LogP contribution in [0, 0.1) is 17.6 Å². The van der Waals surface area contributed by atoms with E-state index in [1.54, 1.807) is 6.07 Å². The second kappa shape index (κ2) is 7.60. The van der Waals surface area contributed by atoms with Gasteiger partial charge in [0.25, 0.3) is 15.9 Å². The molecule has 0 radical (unpaired) electrons. The van der Waals surface area contributed by atoms with Gasteiger partial charge < -0.3 is 5.32 Å². The Balaban J connectivity index is 2.36. The Bertz CT molecular complexity index is 863. The number of para-hydroxylation sites is 1. The van der Waals surface area contributed by atoms with Gasteiger partial charge in [-0.1, -0.05) is 32.0 Å². The maximum atomic E-state index is 13.8. The summed E-state index contributed by atoms with van der Waals surface area (Å²) >= 11 is 0. The van der Waals surface area contributed by atoms with Gasteiger partial charge in [-0.05, 0) is 30.2 Å². The highest BCUT2D eigenvalue weighted by molar-refractivity contribution is 7.92. The van der Waals surface area contributed by atoms with Crippen molar-refractivity contribution in [1.82, 2.24) is 5.32 Å². The van der Waals surface area contributed by atoms with Crippen LogP contribution in [0.5, 0.6) is 0 Å². The van der Waals surface area contributed by atoms with Gasteiger partial charge in [-0.3, -0.25) is 9.52 Å². The first kappa shape index (κ1) is 18.9. The van der Waals surface area contributed by atoms with Gasteiger partial charge in [0.05, 0.1) is 11.3 Å². The zero-order valence-corrected chi connectivity index (χ0v) is 14.5. The van der Waals surface area contributed by atoms with E-state index < -0.39 is 32.5 Å². The molecule has 2 rings (SSSR count). The van der Waals surface area contributed by atoms with Gasteiger partial charge in [0, 0.05) is 6.54 Å². The summed E-state index contributed by atoms with van der Waals surface area (Å²) in [7, 11) is -4.54. The van der Waals surface area contributed by atoms with E-state index in [-0.39, 0.29) is 17.2 Å². The second-order valence-corrected chi connectivity index (χ2v) is 7.42. The van der Waals surface area contributed by atoms with Crippen molar-refractivity contribution >= 4 is 21.6 Å². The Morgan fingerprint density at radius 2 is 1.64 bits per heavy atom. The summed E-state index contributed by atoms with van der Waals surface area (Å²) in [4.78, 5) is 11.1. The fourth-order valence-electron chi connectivity index (χ4n) is 2.10. The lowest BCUT2D eigenvalue weighted by Gasteiger charge is -2.14. The molecule has 0 aliphatic carbocycles. The van der Waals surface area contributed by atoms with Crippen molar-refractivity contribution in [2.45, 2.75) is 18.7 Å². The molecular formula is C17H18F2N2O3S. The summed E-state index contributed by atoms with van der Waals surface area (Å²) < 4.78 is 54.4. The summed E-state index contributed by atoms with van der Waals surface area (Å²) in [6, 6.07) is 8.60. The third-order valence-corrected chi connectivity index (χ3v) is 4.69. The van der Waals surface area contributed by atoms with E-state index in [0.717, 1.165) is 18.2 Å². The van der Waals surface area contributed by atoms with Crippen molar-refractivity contribution in [3.63, 3.8) is 0 Å². The van der Waals surface area contributed by atoms with E-state index in [9.17, 15) is 22.0 Å². The molecule has 0 saturated carbocycles. The van der Waals surface area contributed by atoms with Crippen molar-refractivity contribution in [1.29, 1.82) is 0 Å². The molecule has 0 fully saturated rings. The van der Waals surface area contributed by atoms with Gasteiger partial charge in [0.1, 0.15) is 11.6 Å². The molecule has 0 atom stereocenters. The van der Waals surface area contributed by atoms with Crippen molar-refractivity contribution in [3.05, 3.63) is 59.7 Å². The largest absolute Gasteiger partial charge is 0.352 e. The Morgan fingerprint density at radius 3 is 2.24 bits per heavy atom. The Labute approximate surface area is 145 Å². The van der Waals surface area contributed by atoms with Crippen LogP contribution in [0.4, 0.5) is 14.5 Å². The van der Waals surface area contributed by atoms with E-state index in [1.165, 1.54) is 18.2 Å². The maximum Gasteiger partial charge on any atom is 0.267 e. The number of hydrogen-bond donors (Lipinski definition) is 2. The number of halogens is 2. The molecule has 25 heavy (non-hydrogen) atoms. The van der Waals surface area contributed by atoms with Crippen molar-refractivity contribution < 1.29 is 22.0 Å². The van der Waals surface area contributed by atoms with Crippen LogP contribution in [-0.2, 0) is 10.0 Å². The first-order chi connectivity index (χ1) is 11.7. The quantitative estimate of drug-likeness (QED) is 0.822. The predicted octanol–water partition coefficient (Wildman–Crippen LogP) is 3.15. The van der Waals surface area contributed by atoms with Gasteiger partial charge in [-0.2, -0.15) is 0 Å². The van der Waals surface area contributed by atoms with Crippen LogP contribution in [0.1, 0.15) is 24.2 Å². The van der Waals surface area contributed by atoms with Crippen LogP contribution >= 0.6 is 0 Å². The van der Waals surface area contributed by atoms with Crippen molar-refractivity contribution in [2.75, 3.05) is 11.3 Å². The normalized spacial score (nSPS) is 11.4.